The van der Waals surface area contributed by atoms with Gasteiger partial charge in [0.05, 0.1) is 10.8 Å². The van der Waals surface area contributed by atoms with E-state index in [0.717, 1.165) is 35.0 Å². The zero-order valence-corrected chi connectivity index (χ0v) is 18.3. The number of halogens is 1. The molecule has 0 bridgehead atoms. The fourth-order valence-electron chi connectivity index (χ4n) is 3.99. The maximum atomic E-state index is 13.3. The molecule has 2 aromatic rings. The number of sulfonamides is 1. The van der Waals surface area contributed by atoms with Crippen molar-refractivity contribution in [1.29, 1.82) is 0 Å². The lowest BCUT2D eigenvalue weighted by Gasteiger charge is -2.25. The minimum Gasteiger partial charge on any atom is -0.481 e. The van der Waals surface area contributed by atoms with Gasteiger partial charge in [-0.25, -0.2) is 13.1 Å². The van der Waals surface area contributed by atoms with Crippen molar-refractivity contribution in [2.75, 3.05) is 6.54 Å². The Bertz CT molecular complexity index is 1050. The molecule has 1 atom stereocenters. The summed E-state index contributed by atoms with van der Waals surface area (Å²) in [5, 5.41) is 10.9. The minimum absolute atomic E-state index is 0. The van der Waals surface area contributed by atoms with E-state index >= 15 is 0 Å². The lowest BCUT2D eigenvalue weighted by molar-refractivity contribution is -0.142. The summed E-state index contributed by atoms with van der Waals surface area (Å²) in [5.41, 5.74) is 2.54. The molecule has 6 nitrogen and oxygen atoms in total. The average Bonchev–Trinajstić information content (AvgIpc) is 3.48. The molecule has 0 amide bonds. The predicted octanol–water partition coefficient (Wildman–Crippen LogP) is 3.66. The number of hydrogen-bond donors (Lipinski definition) is 2. The summed E-state index contributed by atoms with van der Waals surface area (Å²) in [7, 11) is -3.71. The summed E-state index contributed by atoms with van der Waals surface area (Å²) in [6.07, 6.45) is 5.21. The molecule has 1 fully saturated rings. The molecular weight excluding hydrogens is 412 g/mol. The van der Waals surface area contributed by atoms with Gasteiger partial charge in [0, 0.05) is 35.1 Å². The second-order valence-electron chi connectivity index (χ2n) is 8.47. The van der Waals surface area contributed by atoms with E-state index in [1.54, 1.807) is 6.20 Å². The van der Waals surface area contributed by atoms with Gasteiger partial charge in [-0.2, -0.15) is 0 Å². The Labute approximate surface area is 177 Å². The van der Waals surface area contributed by atoms with Crippen LogP contribution in [0.2, 0.25) is 0 Å². The lowest BCUT2D eigenvalue weighted by atomic mass is 9.82. The van der Waals surface area contributed by atoms with Gasteiger partial charge in [0.25, 0.3) is 0 Å². The number of pyridine rings is 1. The number of carboxylic acids is 1. The van der Waals surface area contributed by atoms with Crippen molar-refractivity contribution in [1.82, 2.24) is 9.71 Å². The normalized spacial score (nSPS) is 19.1. The highest BCUT2D eigenvalue weighted by atomic mass is 35.5. The predicted molar refractivity (Wildman–Crippen MR) is 114 cm³/mol. The molecule has 1 unspecified atom stereocenters. The van der Waals surface area contributed by atoms with E-state index in [1.165, 1.54) is 0 Å². The number of carboxylic acid groups (broad SMARTS) is 1. The van der Waals surface area contributed by atoms with Gasteiger partial charge in [-0.05, 0) is 61.3 Å². The molecule has 1 aromatic carbocycles. The van der Waals surface area contributed by atoms with E-state index in [4.69, 9.17) is 0 Å². The van der Waals surface area contributed by atoms with Gasteiger partial charge in [0.2, 0.25) is 10.0 Å². The number of aromatic nitrogens is 1. The number of rotatable bonds is 6. The molecule has 8 heteroatoms. The van der Waals surface area contributed by atoms with E-state index in [9.17, 15) is 18.3 Å². The minimum atomic E-state index is -3.71. The number of hydrogen-bond acceptors (Lipinski definition) is 4. The molecule has 0 aliphatic heterocycles. The summed E-state index contributed by atoms with van der Waals surface area (Å²) in [6.45, 7) is 4.30. The summed E-state index contributed by atoms with van der Waals surface area (Å²) in [4.78, 5) is 16.3. The smallest absolute Gasteiger partial charge is 0.306 e. The second-order valence-corrected chi connectivity index (χ2v) is 10.2. The van der Waals surface area contributed by atoms with Crippen molar-refractivity contribution in [2.24, 2.45) is 11.8 Å². The molecule has 2 aliphatic carbocycles. The molecule has 29 heavy (non-hydrogen) atoms. The van der Waals surface area contributed by atoms with Gasteiger partial charge in [-0.15, -0.1) is 12.4 Å². The maximum Gasteiger partial charge on any atom is 0.306 e. The number of benzene rings is 1. The van der Waals surface area contributed by atoms with Gasteiger partial charge >= 0.3 is 5.97 Å². The number of nitrogens with one attached hydrogen (secondary N) is 1. The Morgan fingerprint density at radius 1 is 1.28 bits per heavy atom. The van der Waals surface area contributed by atoms with Crippen LogP contribution in [-0.2, 0) is 27.7 Å². The molecule has 1 heterocycles. The number of fused-ring (bicyclic) bond motifs is 2. The molecule has 1 saturated carbocycles. The highest BCUT2D eigenvalue weighted by Crippen LogP contribution is 2.42. The van der Waals surface area contributed by atoms with Crippen molar-refractivity contribution in [2.45, 2.75) is 56.8 Å². The Morgan fingerprint density at radius 2 is 2.00 bits per heavy atom. The molecular formula is C21H27ClN2O4S. The van der Waals surface area contributed by atoms with E-state index in [2.05, 4.69) is 9.71 Å². The van der Waals surface area contributed by atoms with Gasteiger partial charge in [0.15, 0.2) is 0 Å². The third-order valence-electron chi connectivity index (χ3n) is 5.70. The van der Waals surface area contributed by atoms with Crippen LogP contribution in [0.1, 0.15) is 55.8 Å². The zero-order valence-electron chi connectivity index (χ0n) is 16.6. The van der Waals surface area contributed by atoms with Crippen LogP contribution in [0.5, 0.6) is 0 Å². The first kappa shape index (κ1) is 22.0. The summed E-state index contributed by atoms with van der Waals surface area (Å²) in [5.74, 6) is -0.672. The average molecular weight is 439 g/mol. The van der Waals surface area contributed by atoms with Crippen LogP contribution in [-0.4, -0.2) is 31.0 Å². The number of nitrogens with zero attached hydrogens (tertiary/aromatic N) is 1. The summed E-state index contributed by atoms with van der Waals surface area (Å²) in [6, 6.07) is 3.87. The Hall–Kier alpha value is -1.70. The fourth-order valence-corrected chi connectivity index (χ4v) is 5.71. The first-order valence-corrected chi connectivity index (χ1v) is 11.4. The third kappa shape index (κ3) is 4.42. The largest absolute Gasteiger partial charge is 0.481 e. The van der Waals surface area contributed by atoms with Crippen LogP contribution in [0.25, 0.3) is 10.8 Å². The van der Waals surface area contributed by atoms with E-state index in [-0.39, 0.29) is 18.3 Å². The van der Waals surface area contributed by atoms with Gasteiger partial charge in [-0.3, -0.25) is 9.78 Å². The van der Waals surface area contributed by atoms with E-state index in [1.807, 2.05) is 26.0 Å². The van der Waals surface area contributed by atoms with Crippen molar-refractivity contribution in [3.63, 3.8) is 0 Å². The molecule has 1 aromatic heterocycles. The first-order valence-electron chi connectivity index (χ1n) is 9.93. The standard InChI is InChI=1S/C21H26N2O4S.ClH/c1-12(2)10-23-28(26,27)20-17-6-5-14(21(24)25)7-15(17)8-16-11-22-19(9-18(16)20)13-3-4-13;/h8-9,11-14,23H,3-7,10H2,1-2H3,(H,24,25);1H. The molecule has 0 radical (unpaired) electrons. The van der Waals surface area contributed by atoms with E-state index in [0.29, 0.717) is 42.0 Å². The molecule has 0 saturated heterocycles. The SMILES string of the molecule is CC(C)CNS(=O)(=O)c1c2c(cc3cnc(C4CC4)cc13)CC(C(=O)O)CC2.Cl. The van der Waals surface area contributed by atoms with Crippen LogP contribution in [0.15, 0.2) is 23.2 Å². The van der Waals surface area contributed by atoms with Crippen LogP contribution in [0.4, 0.5) is 0 Å². The van der Waals surface area contributed by atoms with Crippen LogP contribution >= 0.6 is 12.4 Å². The second kappa shape index (κ2) is 8.20. The van der Waals surface area contributed by atoms with Gasteiger partial charge in [0.1, 0.15) is 0 Å². The van der Waals surface area contributed by atoms with Crippen molar-refractivity contribution in [3.05, 3.63) is 35.2 Å². The Balaban J connectivity index is 0.00000240. The third-order valence-corrected chi connectivity index (χ3v) is 7.25. The highest BCUT2D eigenvalue weighted by molar-refractivity contribution is 7.89. The lowest BCUT2D eigenvalue weighted by Crippen LogP contribution is -2.30. The van der Waals surface area contributed by atoms with Gasteiger partial charge in [-0.1, -0.05) is 13.8 Å². The van der Waals surface area contributed by atoms with Crippen molar-refractivity contribution in [3.8, 4) is 0 Å². The highest BCUT2D eigenvalue weighted by Gasteiger charge is 2.32. The van der Waals surface area contributed by atoms with Crippen molar-refractivity contribution >= 4 is 39.2 Å². The maximum absolute atomic E-state index is 13.3. The summed E-state index contributed by atoms with van der Waals surface area (Å²) < 4.78 is 29.3. The quantitative estimate of drug-likeness (QED) is 0.717. The van der Waals surface area contributed by atoms with Crippen LogP contribution < -0.4 is 4.72 Å². The summed E-state index contributed by atoms with van der Waals surface area (Å²) >= 11 is 0. The Kier molecular flexibility index (Phi) is 6.22. The first-order chi connectivity index (χ1) is 13.3. The molecule has 2 aliphatic rings. The molecule has 2 N–H and O–H groups in total. The van der Waals surface area contributed by atoms with Crippen LogP contribution in [0, 0.1) is 11.8 Å². The Morgan fingerprint density at radius 3 is 2.62 bits per heavy atom. The number of carbonyl (C=O) groups is 1. The topological polar surface area (TPSA) is 96.4 Å². The number of aliphatic carboxylic acids is 1. The van der Waals surface area contributed by atoms with Crippen molar-refractivity contribution < 1.29 is 18.3 Å². The molecule has 4 rings (SSSR count). The molecule has 0 spiro atoms. The fraction of sp³-hybridized carbons (Fsp3) is 0.524. The van der Waals surface area contributed by atoms with E-state index < -0.39 is 21.9 Å². The van der Waals surface area contributed by atoms with Crippen LogP contribution in [0.3, 0.4) is 0 Å². The van der Waals surface area contributed by atoms with Gasteiger partial charge < -0.3 is 5.11 Å². The molecule has 158 valence electrons. The zero-order chi connectivity index (χ0) is 20.1. The monoisotopic (exact) mass is 438 g/mol.